The van der Waals surface area contributed by atoms with E-state index in [0.717, 1.165) is 5.69 Å². The van der Waals surface area contributed by atoms with Gasteiger partial charge >= 0.3 is 0 Å². The molecule has 1 aromatic heterocycles. The van der Waals surface area contributed by atoms with E-state index in [4.69, 9.17) is 9.47 Å². The topological polar surface area (TPSA) is 105 Å². The number of hydrogen-bond acceptors (Lipinski definition) is 5. The smallest absolute Gasteiger partial charge is 0.252 e. The number of hydrogen-bond donors (Lipinski definition) is 3. The van der Waals surface area contributed by atoms with E-state index in [9.17, 15) is 9.59 Å². The molecule has 2 amide bonds. The third-order valence-electron chi connectivity index (χ3n) is 3.86. The van der Waals surface area contributed by atoms with Gasteiger partial charge in [0.25, 0.3) is 5.91 Å². The van der Waals surface area contributed by atoms with Crippen molar-refractivity contribution in [3.05, 3.63) is 41.7 Å². The molecule has 1 heterocycles. The number of benzene rings is 1. The van der Waals surface area contributed by atoms with Crippen LogP contribution in [0.4, 0.5) is 0 Å². The summed E-state index contributed by atoms with van der Waals surface area (Å²) < 4.78 is 10.4. The maximum absolute atomic E-state index is 12.6. The molecule has 0 radical (unpaired) electrons. The normalized spacial score (nSPS) is 11.7. The van der Waals surface area contributed by atoms with E-state index in [2.05, 4.69) is 20.8 Å². The Balaban J connectivity index is 2.08. The molecule has 0 spiro atoms. The van der Waals surface area contributed by atoms with Crippen molar-refractivity contribution >= 4 is 11.8 Å². The number of amides is 2. The van der Waals surface area contributed by atoms with Crippen molar-refractivity contribution in [2.75, 3.05) is 14.2 Å². The van der Waals surface area contributed by atoms with Crippen LogP contribution in [0.1, 0.15) is 29.9 Å². The lowest BCUT2D eigenvalue weighted by molar-refractivity contribution is -0.124. The lowest BCUT2D eigenvalue weighted by Gasteiger charge is -2.22. The van der Waals surface area contributed by atoms with Crippen molar-refractivity contribution < 1.29 is 19.1 Å². The Kier molecular flexibility index (Phi) is 6.60. The summed E-state index contributed by atoms with van der Waals surface area (Å²) in [6.45, 7) is 4.05. The molecule has 8 nitrogen and oxygen atoms in total. The lowest BCUT2D eigenvalue weighted by atomic mass is 10.0. The van der Waals surface area contributed by atoms with E-state index in [0.29, 0.717) is 23.6 Å². The van der Waals surface area contributed by atoms with Crippen LogP contribution in [0.5, 0.6) is 11.5 Å². The average molecular weight is 360 g/mol. The van der Waals surface area contributed by atoms with Gasteiger partial charge in [-0.2, -0.15) is 5.10 Å². The maximum atomic E-state index is 12.6. The molecule has 0 saturated heterocycles. The van der Waals surface area contributed by atoms with Crippen LogP contribution in [0, 0.1) is 5.92 Å². The Labute approximate surface area is 152 Å². The molecule has 140 valence electrons. The molecule has 8 heteroatoms. The minimum atomic E-state index is -0.678. The summed E-state index contributed by atoms with van der Waals surface area (Å²) in [4.78, 5) is 25.1. The number of nitrogens with zero attached hydrogens (tertiary/aromatic N) is 1. The first-order valence-electron chi connectivity index (χ1n) is 8.24. The van der Waals surface area contributed by atoms with Crippen molar-refractivity contribution in [3.63, 3.8) is 0 Å². The van der Waals surface area contributed by atoms with Crippen LogP contribution >= 0.6 is 0 Å². The average Bonchev–Trinajstić information content (AvgIpc) is 3.16. The second-order valence-electron chi connectivity index (χ2n) is 6.10. The molecule has 1 aromatic carbocycles. The maximum Gasteiger partial charge on any atom is 0.252 e. The summed E-state index contributed by atoms with van der Waals surface area (Å²) in [5, 5.41) is 12.2. The molecule has 0 aliphatic carbocycles. The molecule has 2 rings (SSSR count). The van der Waals surface area contributed by atoms with E-state index in [1.54, 1.807) is 30.5 Å². The fourth-order valence-electron chi connectivity index (χ4n) is 2.37. The Hall–Kier alpha value is -3.03. The van der Waals surface area contributed by atoms with Crippen LogP contribution in [0.25, 0.3) is 0 Å². The number of aromatic amines is 1. The summed E-state index contributed by atoms with van der Waals surface area (Å²) >= 11 is 0. The molecule has 0 aliphatic heterocycles. The van der Waals surface area contributed by atoms with Gasteiger partial charge < -0.3 is 20.1 Å². The minimum absolute atomic E-state index is 0.0896. The van der Waals surface area contributed by atoms with Crippen molar-refractivity contribution in [3.8, 4) is 11.5 Å². The SMILES string of the molecule is COc1cc(OC)cc(C(=O)NC(C(=O)NCc2ccn[nH]2)C(C)C)c1. The highest BCUT2D eigenvalue weighted by Crippen LogP contribution is 2.22. The van der Waals surface area contributed by atoms with E-state index < -0.39 is 6.04 Å². The van der Waals surface area contributed by atoms with Gasteiger partial charge in [0.05, 0.1) is 26.5 Å². The van der Waals surface area contributed by atoms with Gasteiger partial charge in [-0.25, -0.2) is 0 Å². The molecule has 1 atom stereocenters. The second-order valence-corrected chi connectivity index (χ2v) is 6.10. The zero-order valence-corrected chi connectivity index (χ0v) is 15.3. The molecule has 26 heavy (non-hydrogen) atoms. The Morgan fingerprint density at radius 3 is 2.31 bits per heavy atom. The summed E-state index contributed by atoms with van der Waals surface area (Å²) in [6, 6.07) is 5.96. The molecule has 2 aromatic rings. The number of rotatable bonds is 8. The van der Waals surface area contributed by atoms with Crippen LogP contribution in [0.3, 0.4) is 0 Å². The number of carbonyl (C=O) groups excluding carboxylic acids is 2. The highest BCUT2D eigenvalue weighted by Gasteiger charge is 2.25. The van der Waals surface area contributed by atoms with Crippen molar-refractivity contribution in [1.29, 1.82) is 0 Å². The Bertz CT molecular complexity index is 721. The Morgan fingerprint density at radius 1 is 1.15 bits per heavy atom. The van der Waals surface area contributed by atoms with E-state index in [1.165, 1.54) is 14.2 Å². The molecule has 0 fully saturated rings. The van der Waals surface area contributed by atoms with Gasteiger partial charge in [0.2, 0.25) is 5.91 Å². The van der Waals surface area contributed by atoms with Crippen molar-refractivity contribution in [1.82, 2.24) is 20.8 Å². The molecule has 0 bridgehead atoms. The third kappa shape index (κ3) is 4.98. The summed E-state index contributed by atoms with van der Waals surface area (Å²) in [6.07, 6.45) is 1.61. The molecule has 1 unspecified atom stereocenters. The van der Waals surface area contributed by atoms with Crippen molar-refractivity contribution in [2.45, 2.75) is 26.4 Å². The quantitative estimate of drug-likeness (QED) is 0.662. The number of H-pyrrole nitrogens is 1. The number of ether oxygens (including phenoxy) is 2. The van der Waals surface area contributed by atoms with E-state index in [-0.39, 0.29) is 17.7 Å². The summed E-state index contributed by atoms with van der Waals surface area (Å²) in [5.41, 5.74) is 1.14. The highest BCUT2D eigenvalue weighted by molar-refractivity contribution is 5.98. The largest absolute Gasteiger partial charge is 0.497 e. The van der Waals surface area contributed by atoms with Gasteiger partial charge in [-0.1, -0.05) is 13.8 Å². The highest BCUT2D eigenvalue weighted by atomic mass is 16.5. The van der Waals surface area contributed by atoms with E-state index >= 15 is 0 Å². The number of aromatic nitrogens is 2. The van der Waals surface area contributed by atoms with Gasteiger partial charge in [-0.05, 0) is 24.1 Å². The fraction of sp³-hybridized carbons (Fsp3) is 0.389. The van der Waals surface area contributed by atoms with Crippen LogP contribution in [0.15, 0.2) is 30.5 Å². The van der Waals surface area contributed by atoms with Gasteiger partial charge in [-0.15, -0.1) is 0 Å². The second kappa shape index (κ2) is 8.89. The third-order valence-corrected chi connectivity index (χ3v) is 3.86. The van der Waals surface area contributed by atoms with Crippen LogP contribution < -0.4 is 20.1 Å². The standard InChI is InChI=1S/C18H24N4O4/c1-11(2)16(18(24)19-10-13-5-6-20-22-13)21-17(23)12-7-14(25-3)9-15(8-12)26-4/h5-9,11,16H,10H2,1-4H3,(H,19,24)(H,20,22)(H,21,23). The first-order chi connectivity index (χ1) is 12.4. The Morgan fingerprint density at radius 2 is 1.81 bits per heavy atom. The molecular formula is C18H24N4O4. The van der Waals surface area contributed by atoms with Crippen LogP contribution in [0.2, 0.25) is 0 Å². The molecular weight excluding hydrogens is 336 g/mol. The lowest BCUT2D eigenvalue weighted by Crippen LogP contribution is -2.49. The number of carbonyl (C=O) groups is 2. The minimum Gasteiger partial charge on any atom is -0.497 e. The number of methoxy groups -OCH3 is 2. The van der Waals surface area contributed by atoms with Gasteiger partial charge in [0.1, 0.15) is 17.5 Å². The van der Waals surface area contributed by atoms with Crippen molar-refractivity contribution in [2.24, 2.45) is 5.92 Å². The van der Waals surface area contributed by atoms with Crippen LogP contribution in [-0.4, -0.2) is 42.3 Å². The monoisotopic (exact) mass is 360 g/mol. The summed E-state index contributed by atoms with van der Waals surface area (Å²) in [7, 11) is 3.02. The molecule has 0 saturated carbocycles. The van der Waals surface area contributed by atoms with E-state index in [1.807, 2.05) is 13.8 Å². The molecule has 0 aliphatic rings. The zero-order valence-electron chi connectivity index (χ0n) is 15.3. The zero-order chi connectivity index (χ0) is 19.1. The number of nitrogens with one attached hydrogen (secondary N) is 3. The predicted octanol–water partition coefficient (Wildman–Crippen LogP) is 1.50. The fourth-order valence-corrected chi connectivity index (χ4v) is 2.37. The van der Waals surface area contributed by atoms with Gasteiger partial charge in [0, 0.05) is 17.8 Å². The molecule has 3 N–H and O–H groups in total. The first-order valence-corrected chi connectivity index (χ1v) is 8.24. The first kappa shape index (κ1) is 19.3. The summed E-state index contributed by atoms with van der Waals surface area (Å²) in [5.74, 6) is 0.266. The van der Waals surface area contributed by atoms with Gasteiger partial charge in [-0.3, -0.25) is 14.7 Å². The predicted molar refractivity (Wildman–Crippen MR) is 96.1 cm³/mol. The van der Waals surface area contributed by atoms with Gasteiger partial charge in [0.15, 0.2) is 0 Å². The van der Waals surface area contributed by atoms with Crippen LogP contribution in [-0.2, 0) is 11.3 Å².